The number of oxazole rings is 1. The van der Waals surface area contributed by atoms with Crippen LogP contribution in [-0.2, 0) is 0 Å². The lowest BCUT2D eigenvalue weighted by atomic mass is 10.1. The number of nitrogen functional groups attached to an aromatic ring is 1. The number of hydrogen-bond acceptors (Lipinski definition) is 7. The molecule has 0 unspecified atom stereocenters. The molecule has 9 heteroatoms. The van der Waals surface area contributed by atoms with Crippen molar-refractivity contribution in [3.63, 3.8) is 0 Å². The molecule has 4 aromatic rings. The van der Waals surface area contributed by atoms with Gasteiger partial charge in [-0.15, -0.1) is 11.3 Å². The SMILES string of the molecule is CCCOc1ccc(C(=O)Nc2nc(-c3ccc4[nH]c(=O)oc4c3)cs2)cc1N. The molecule has 2 aromatic heterocycles. The highest BCUT2D eigenvalue weighted by Gasteiger charge is 2.13. The number of nitrogens with one attached hydrogen (secondary N) is 2. The van der Waals surface area contributed by atoms with Gasteiger partial charge in [0.2, 0.25) is 0 Å². The van der Waals surface area contributed by atoms with Crippen LogP contribution in [0.15, 0.2) is 51.0 Å². The van der Waals surface area contributed by atoms with Crippen LogP contribution in [0.5, 0.6) is 5.75 Å². The van der Waals surface area contributed by atoms with Crippen LogP contribution in [0.4, 0.5) is 10.8 Å². The van der Waals surface area contributed by atoms with Crippen molar-refractivity contribution in [1.29, 1.82) is 0 Å². The summed E-state index contributed by atoms with van der Waals surface area (Å²) in [6, 6.07) is 10.2. The molecule has 0 bridgehead atoms. The Bertz CT molecular complexity index is 1240. The summed E-state index contributed by atoms with van der Waals surface area (Å²) in [7, 11) is 0. The highest BCUT2D eigenvalue weighted by Crippen LogP contribution is 2.28. The van der Waals surface area contributed by atoms with Crippen molar-refractivity contribution in [1.82, 2.24) is 9.97 Å². The Kier molecular flexibility index (Phi) is 5.05. The van der Waals surface area contributed by atoms with Gasteiger partial charge in [0.1, 0.15) is 5.75 Å². The molecule has 2 aromatic carbocycles. The average Bonchev–Trinajstić information content (AvgIpc) is 3.31. The van der Waals surface area contributed by atoms with Gasteiger partial charge in [-0.05, 0) is 36.8 Å². The van der Waals surface area contributed by atoms with Crippen molar-refractivity contribution in [2.24, 2.45) is 0 Å². The number of aromatic nitrogens is 2. The number of fused-ring (bicyclic) bond motifs is 1. The zero-order chi connectivity index (χ0) is 20.4. The second kappa shape index (κ2) is 7.80. The van der Waals surface area contributed by atoms with Crippen molar-refractivity contribution < 1.29 is 13.9 Å². The molecule has 4 N–H and O–H groups in total. The summed E-state index contributed by atoms with van der Waals surface area (Å²) in [5, 5.41) is 5.04. The first-order valence-corrected chi connectivity index (χ1v) is 9.84. The van der Waals surface area contributed by atoms with E-state index in [1.165, 1.54) is 11.3 Å². The quantitative estimate of drug-likeness (QED) is 0.415. The number of thiazole rings is 1. The molecule has 0 atom stereocenters. The Morgan fingerprint density at radius 1 is 1.31 bits per heavy atom. The number of hydrogen-bond donors (Lipinski definition) is 3. The van der Waals surface area contributed by atoms with Crippen molar-refractivity contribution in [2.75, 3.05) is 17.7 Å². The number of aromatic amines is 1. The van der Waals surface area contributed by atoms with Gasteiger partial charge in [-0.3, -0.25) is 15.1 Å². The van der Waals surface area contributed by atoms with Crippen molar-refractivity contribution in [3.05, 3.63) is 57.9 Å². The molecule has 0 aliphatic rings. The molecule has 0 aliphatic carbocycles. The Morgan fingerprint density at radius 2 is 2.17 bits per heavy atom. The van der Waals surface area contributed by atoms with Gasteiger partial charge in [-0.1, -0.05) is 13.0 Å². The fourth-order valence-corrected chi connectivity index (χ4v) is 3.49. The number of rotatable bonds is 6. The van der Waals surface area contributed by atoms with Crippen LogP contribution in [0.1, 0.15) is 23.7 Å². The minimum atomic E-state index is -0.506. The minimum absolute atomic E-state index is 0.313. The Morgan fingerprint density at radius 3 is 2.97 bits per heavy atom. The summed E-state index contributed by atoms with van der Waals surface area (Å²) >= 11 is 1.30. The van der Waals surface area contributed by atoms with Gasteiger partial charge in [0, 0.05) is 16.5 Å². The first kappa shape index (κ1) is 18.8. The van der Waals surface area contributed by atoms with Crippen LogP contribution in [0.3, 0.4) is 0 Å². The maximum absolute atomic E-state index is 12.5. The van der Waals surface area contributed by atoms with Crippen LogP contribution >= 0.6 is 11.3 Å². The van der Waals surface area contributed by atoms with Crippen molar-refractivity contribution in [2.45, 2.75) is 13.3 Å². The smallest absolute Gasteiger partial charge is 0.417 e. The third-order valence-corrected chi connectivity index (χ3v) is 4.93. The van der Waals surface area contributed by atoms with E-state index in [-0.39, 0.29) is 5.91 Å². The van der Waals surface area contributed by atoms with Crippen molar-refractivity contribution in [3.8, 4) is 17.0 Å². The van der Waals surface area contributed by atoms with E-state index in [1.54, 1.807) is 30.3 Å². The molecule has 0 fully saturated rings. The first-order chi connectivity index (χ1) is 14.0. The number of nitrogens with zero attached hydrogens (tertiary/aromatic N) is 1. The largest absolute Gasteiger partial charge is 0.491 e. The van der Waals surface area contributed by atoms with E-state index in [2.05, 4.69) is 15.3 Å². The molecule has 0 radical (unpaired) electrons. The van der Waals surface area contributed by atoms with Crippen LogP contribution < -0.4 is 21.5 Å². The van der Waals surface area contributed by atoms with E-state index in [0.29, 0.717) is 45.5 Å². The summed E-state index contributed by atoms with van der Waals surface area (Å²) < 4.78 is 10.6. The first-order valence-electron chi connectivity index (χ1n) is 8.96. The molecule has 4 rings (SSSR count). The number of nitrogens with two attached hydrogens (primary N) is 1. The van der Waals surface area contributed by atoms with Gasteiger partial charge in [0.15, 0.2) is 10.7 Å². The molecule has 2 heterocycles. The number of ether oxygens (including phenoxy) is 1. The third-order valence-electron chi connectivity index (χ3n) is 4.18. The van der Waals surface area contributed by atoms with E-state index in [9.17, 15) is 9.59 Å². The van der Waals surface area contributed by atoms with Gasteiger partial charge in [0.25, 0.3) is 5.91 Å². The highest BCUT2D eigenvalue weighted by atomic mass is 32.1. The number of amides is 1. The predicted molar refractivity (Wildman–Crippen MR) is 113 cm³/mol. The van der Waals surface area contributed by atoms with Gasteiger partial charge in [-0.2, -0.15) is 0 Å². The van der Waals surface area contributed by atoms with Gasteiger partial charge in [0.05, 0.1) is 23.5 Å². The summed E-state index contributed by atoms with van der Waals surface area (Å²) in [6.45, 7) is 2.57. The normalized spacial score (nSPS) is 10.9. The van der Waals surface area contributed by atoms with Gasteiger partial charge < -0.3 is 14.9 Å². The highest BCUT2D eigenvalue weighted by molar-refractivity contribution is 7.14. The number of anilines is 2. The van der Waals surface area contributed by atoms with Crippen molar-refractivity contribution >= 4 is 39.2 Å². The maximum Gasteiger partial charge on any atom is 0.417 e. The van der Waals surface area contributed by atoms with E-state index in [1.807, 2.05) is 18.4 Å². The Balaban J connectivity index is 1.50. The van der Waals surface area contributed by atoms with Crippen LogP contribution in [0.2, 0.25) is 0 Å². The maximum atomic E-state index is 12.5. The molecule has 0 aliphatic heterocycles. The fraction of sp³-hybridized carbons (Fsp3) is 0.150. The summed E-state index contributed by atoms with van der Waals surface area (Å²) in [4.78, 5) is 30.8. The van der Waals surface area contributed by atoms with E-state index in [4.69, 9.17) is 14.9 Å². The summed E-state index contributed by atoms with van der Waals surface area (Å²) in [6.07, 6.45) is 0.872. The molecule has 8 nitrogen and oxygen atoms in total. The lowest BCUT2D eigenvalue weighted by Crippen LogP contribution is -2.12. The van der Waals surface area contributed by atoms with E-state index < -0.39 is 5.76 Å². The standard InChI is InChI=1S/C20H18N4O4S/c1-2-7-27-16-6-4-12(8-13(16)21)18(25)24-19-22-15(10-29-19)11-3-5-14-17(9-11)28-20(26)23-14/h3-6,8-10H,2,7,21H2,1H3,(H,23,26)(H,22,24,25). The molecule has 0 saturated carbocycles. The third kappa shape index (κ3) is 3.99. The molecule has 0 saturated heterocycles. The average molecular weight is 410 g/mol. The monoisotopic (exact) mass is 410 g/mol. The molecule has 29 heavy (non-hydrogen) atoms. The minimum Gasteiger partial charge on any atom is -0.491 e. The number of benzene rings is 2. The zero-order valence-corrected chi connectivity index (χ0v) is 16.3. The second-order valence-corrected chi connectivity index (χ2v) is 7.18. The topological polar surface area (TPSA) is 123 Å². The molecule has 148 valence electrons. The number of carbonyl (C=O) groups excluding carboxylic acids is 1. The lowest BCUT2D eigenvalue weighted by Gasteiger charge is -2.09. The molecular formula is C20H18N4O4S. The summed E-state index contributed by atoms with van der Waals surface area (Å²) in [5.74, 6) is -0.257. The van der Waals surface area contributed by atoms with Gasteiger partial charge >= 0.3 is 5.76 Å². The van der Waals surface area contributed by atoms with Crippen LogP contribution in [-0.4, -0.2) is 22.5 Å². The lowest BCUT2D eigenvalue weighted by molar-refractivity contribution is 0.102. The van der Waals surface area contributed by atoms with Crippen LogP contribution in [0.25, 0.3) is 22.4 Å². The predicted octanol–water partition coefficient (Wildman–Crippen LogP) is 3.87. The summed E-state index contributed by atoms with van der Waals surface area (Å²) in [5.41, 5.74) is 9.30. The number of H-pyrrole nitrogens is 1. The second-order valence-electron chi connectivity index (χ2n) is 6.32. The van der Waals surface area contributed by atoms with E-state index >= 15 is 0 Å². The Hall–Kier alpha value is -3.59. The fourth-order valence-electron chi connectivity index (χ4n) is 2.77. The molecule has 0 spiro atoms. The molecular weight excluding hydrogens is 392 g/mol. The van der Waals surface area contributed by atoms with Crippen LogP contribution in [0, 0.1) is 0 Å². The van der Waals surface area contributed by atoms with Gasteiger partial charge in [-0.25, -0.2) is 9.78 Å². The molecule has 1 amide bonds. The Labute approximate surface area is 169 Å². The number of carbonyl (C=O) groups is 1. The van der Waals surface area contributed by atoms with E-state index in [0.717, 1.165) is 12.0 Å². The zero-order valence-electron chi connectivity index (χ0n) is 15.5.